The first-order valence-corrected chi connectivity index (χ1v) is 8.60. The minimum atomic E-state index is -0.0586. The predicted molar refractivity (Wildman–Crippen MR) is 103 cm³/mol. The molecule has 0 aliphatic carbocycles. The molecule has 1 aliphatic heterocycles. The zero-order chi connectivity index (χ0) is 17.3. The lowest BCUT2D eigenvalue weighted by Gasteiger charge is -2.16. The van der Waals surface area contributed by atoms with Crippen molar-refractivity contribution in [1.82, 2.24) is 0 Å². The van der Waals surface area contributed by atoms with Crippen molar-refractivity contribution in [3.63, 3.8) is 0 Å². The van der Waals surface area contributed by atoms with E-state index < -0.39 is 0 Å². The van der Waals surface area contributed by atoms with Gasteiger partial charge in [0.05, 0.1) is 11.1 Å². The molecular formula is C20H23ClN3+. The van der Waals surface area contributed by atoms with E-state index in [1.807, 2.05) is 42.5 Å². The molecule has 0 unspecified atom stereocenters. The van der Waals surface area contributed by atoms with Crippen molar-refractivity contribution >= 4 is 34.9 Å². The third-order valence-corrected chi connectivity index (χ3v) is 4.92. The third kappa shape index (κ3) is 2.84. The average Bonchev–Trinajstić information content (AvgIpc) is 2.80. The first-order valence-electron chi connectivity index (χ1n) is 8.23. The van der Waals surface area contributed by atoms with Crippen molar-refractivity contribution < 1.29 is 4.58 Å². The van der Waals surface area contributed by atoms with Crippen molar-refractivity contribution in [2.45, 2.75) is 26.2 Å². The minimum absolute atomic E-state index is 0.0586. The Kier molecular flexibility index (Phi) is 4.46. The standard InChI is InChI=1S/C20H23ClN3/c1-5-24-18-9-7-6-8-17(18)20(2,3)19(24)14-22-23(4)16-12-10-15(21)11-13-16/h6-14H,5H2,1-4H3/q+1. The Bertz CT molecular complexity index is 804. The lowest BCUT2D eigenvalue weighted by Crippen LogP contribution is -2.31. The van der Waals surface area contributed by atoms with Crippen molar-refractivity contribution in [2.75, 3.05) is 18.6 Å². The Morgan fingerprint density at radius 3 is 2.46 bits per heavy atom. The molecule has 2 aromatic rings. The number of benzene rings is 2. The van der Waals surface area contributed by atoms with Crippen LogP contribution in [0, 0.1) is 0 Å². The molecule has 0 N–H and O–H groups in total. The van der Waals surface area contributed by atoms with Crippen LogP contribution in [-0.2, 0) is 5.41 Å². The molecule has 0 radical (unpaired) electrons. The fourth-order valence-electron chi connectivity index (χ4n) is 3.28. The number of anilines is 1. The lowest BCUT2D eigenvalue weighted by atomic mass is 9.82. The third-order valence-electron chi connectivity index (χ3n) is 4.67. The number of halogens is 1. The highest BCUT2D eigenvalue weighted by molar-refractivity contribution is 6.33. The van der Waals surface area contributed by atoms with Crippen molar-refractivity contribution in [3.8, 4) is 0 Å². The second-order valence-corrected chi connectivity index (χ2v) is 6.95. The van der Waals surface area contributed by atoms with Gasteiger partial charge in [0.15, 0.2) is 0 Å². The SMILES string of the molecule is CC[N+]1=C(/C=N\N(C)c2ccc(Cl)cc2)C(C)(C)c2ccccc21. The van der Waals surface area contributed by atoms with Crippen LogP contribution in [0.1, 0.15) is 26.3 Å². The maximum absolute atomic E-state index is 5.96. The van der Waals surface area contributed by atoms with Crippen molar-refractivity contribution in [2.24, 2.45) is 5.10 Å². The second-order valence-electron chi connectivity index (χ2n) is 6.52. The molecule has 0 fully saturated rings. The van der Waals surface area contributed by atoms with Gasteiger partial charge in [-0.3, -0.25) is 5.01 Å². The molecular weight excluding hydrogens is 318 g/mol. The molecule has 1 aliphatic rings. The zero-order valence-corrected chi connectivity index (χ0v) is 15.4. The summed E-state index contributed by atoms with van der Waals surface area (Å²) in [4.78, 5) is 0. The molecule has 4 heteroatoms. The van der Waals surface area contributed by atoms with E-state index >= 15 is 0 Å². The number of rotatable bonds is 4. The number of hydrazone groups is 1. The van der Waals surface area contributed by atoms with Gasteiger partial charge in [-0.1, -0.05) is 29.8 Å². The zero-order valence-electron chi connectivity index (χ0n) is 14.6. The minimum Gasteiger partial charge on any atom is -0.268 e. The van der Waals surface area contributed by atoms with Crippen LogP contribution < -0.4 is 5.01 Å². The molecule has 24 heavy (non-hydrogen) atoms. The summed E-state index contributed by atoms with van der Waals surface area (Å²) in [5, 5.41) is 7.27. The topological polar surface area (TPSA) is 18.6 Å². The molecule has 0 amide bonds. The van der Waals surface area contributed by atoms with Crippen molar-refractivity contribution in [3.05, 3.63) is 59.1 Å². The monoisotopic (exact) mass is 340 g/mol. The van der Waals surface area contributed by atoms with Gasteiger partial charge in [0, 0.05) is 23.7 Å². The molecule has 0 atom stereocenters. The molecule has 124 valence electrons. The van der Waals surface area contributed by atoms with Gasteiger partial charge in [-0.2, -0.15) is 9.68 Å². The van der Waals surface area contributed by atoms with Gasteiger partial charge in [-0.25, -0.2) is 0 Å². The van der Waals surface area contributed by atoms with Gasteiger partial charge >= 0.3 is 0 Å². The van der Waals surface area contributed by atoms with E-state index in [-0.39, 0.29) is 5.41 Å². The maximum Gasteiger partial charge on any atom is 0.212 e. The van der Waals surface area contributed by atoms with E-state index in [9.17, 15) is 0 Å². The molecule has 0 bridgehead atoms. The second kappa shape index (κ2) is 6.40. The molecule has 3 nitrogen and oxygen atoms in total. The van der Waals surface area contributed by atoms with Crippen LogP contribution in [0.5, 0.6) is 0 Å². The van der Waals surface area contributed by atoms with Crippen LogP contribution >= 0.6 is 11.6 Å². The van der Waals surface area contributed by atoms with E-state index in [4.69, 9.17) is 11.6 Å². The van der Waals surface area contributed by atoms with E-state index in [1.54, 1.807) is 0 Å². The Morgan fingerprint density at radius 1 is 1.12 bits per heavy atom. The fourth-order valence-corrected chi connectivity index (χ4v) is 3.41. The number of fused-ring (bicyclic) bond motifs is 1. The number of para-hydroxylation sites is 1. The molecule has 0 saturated heterocycles. The van der Waals surface area contributed by atoms with E-state index in [0.717, 1.165) is 17.3 Å². The molecule has 0 aromatic heterocycles. The van der Waals surface area contributed by atoms with Crippen LogP contribution in [0.15, 0.2) is 53.6 Å². The van der Waals surface area contributed by atoms with E-state index in [2.05, 4.69) is 54.7 Å². The highest BCUT2D eigenvalue weighted by Gasteiger charge is 2.44. The summed E-state index contributed by atoms with van der Waals surface area (Å²) in [7, 11) is 1.95. The summed E-state index contributed by atoms with van der Waals surface area (Å²) in [6, 6.07) is 16.3. The summed E-state index contributed by atoms with van der Waals surface area (Å²) >= 11 is 5.96. The Labute approximate surface area is 148 Å². The van der Waals surface area contributed by atoms with Gasteiger partial charge in [0.1, 0.15) is 12.8 Å². The molecule has 1 heterocycles. The first kappa shape index (κ1) is 16.7. The molecule has 3 rings (SSSR count). The van der Waals surface area contributed by atoms with Crippen LogP contribution in [0.4, 0.5) is 11.4 Å². The summed E-state index contributed by atoms with van der Waals surface area (Å²) in [6.45, 7) is 7.61. The summed E-state index contributed by atoms with van der Waals surface area (Å²) in [6.07, 6.45) is 1.98. The summed E-state index contributed by atoms with van der Waals surface area (Å²) in [5.41, 5.74) is 4.79. The van der Waals surface area contributed by atoms with Gasteiger partial charge in [0.2, 0.25) is 11.4 Å². The van der Waals surface area contributed by atoms with Crippen LogP contribution in [0.25, 0.3) is 0 Å². The fraction of sp³-hybridized carbons (Fsp3) is 0.300. The van der Waals surface area contributed by atoms with Crippen LogP contribution in [-0.4, -0.2) is 30.1 Å². The smallest absolute Gasteiger partial charge is 0.212 e. The lowest BCUT2D eigenvalue weighted by molar-refractivity contribution is -0.431. The molecule has 0 saturated carbocycles. The molecule has 2 aromatic carbocycles. The number of nitrogens with zero attached hydrogens (tertiary/aromatic N) is 3. The van der Waals surface area contributed by atoms with Crippen LogP contribution in [0.2, 0.25) is 5.02 Å². The van der Waals surface area contributed by atoms with Gasteiger partial charge in [-0.15, -0.1) is 0 Å². The first-order chi connectivity index (χ1) is 11.4. The summed E-state index contributed by atoms with van der Waals surface area (Å²) < 4.78 is 2.34. The van der Waals surface area contributed by atoms with Gasteiger partial charge < -0.3 is 0 Å². The Morgan fingerprint density at radius 2 is 1.79 bits per heavy atom. The quantitative estimate of drug-likeness (QED) is 0.442. The molecule has 0 spiro atoms. The number of hydrogen-bond donors (Lipinski definition) is 0. The summed E-state index contributed by atoms with van der Waals surface area (Å²) in [5.74, 6) is 0. The Balaban J connectivity index is 1.95. The van der Waals surface area contributed by atoms with Gasteiger partial charge in [-0.05, 0) is 45.0 Å². The normalized spacial score (nSPS) is 15.9. The highest BCUT2D eigenvalue weighted by Crippen LogP contribution is 2.38. The highest BCUT2D eigenvalue weighted by atomic mass is 35.5. The van der Waals surface area contributed by atoms with Crippen LogP contribution in [0.3, 0.4) is 0 Å². The van der Waals surface area contributed by atoms with E-state index in [0.29, 0.717) is 0 Å². The predicted octanol–water partition coefficient (Wildman–Crippen LogP) is 4.86. The van der Waals surface area contributed by atoms with Gasteiger partial charge in [0.25, 0.3) is 0 Å². The Hall–Kier alpha value is -2.13. The van der Waals surface area contributed by atoms with E-state index in [1.165, 1.54) is 17.0 Å². The average molecular weight is 341 g/mol. The maximum atomic E-state index is 5.96. The number of hydrogen-bond acceptors (Lipinski definition) is 2. The largest absolute Gasteiger partial charge is 0.268 e. The van der Waals surface area contributed by atoms with Crippen molar-refractivity contribution in [1.29, 1.82) is 0 Å².